The molecule has 0 heterocycles. The van der Waals surface area contributed by atoms with Gasteiger partial charge in [-0.3, -0.25) is 4.79 Å². The minimum Gasteiger partial charge on any atom is -0.381 e. The van der Waals surface area contributed by atoms with E-state index in [2.05, 4.69) is 4.90 Å². The van der Waals surface area contributed by atoms with Gasteiger partial charge in [-0.25, -0.2) is 0 Å². The highest BCUT2D eigenvalue weighted by Gasteiger charge is 2.39. The molecule has 0 unspecified atom stereocenters. The predicted octanol–water partition coefficient (Wildman–Crippen LogP) is 3.94. The van der Waals surface area contributed by atoms with E-state index in [9.17, 15) is 4.79 Å². The molecule has 156 valence electrons. The molecular formula is C22H39NO4. The highest BCUT2D eigenvalue weighted by atomic mass is 16.5. The molecule has 5 nitrogen and oxygen atoms in total. The van der Waals surface area contributed by atoms with Crippen LogP contribution in [0.25, 0.3) is 0 Å². The third-order valence-corrected chi connectivity index (χ3v) is 7.35. The van der Waals surface area contributed by atoms with Gasteiger partial charge in [0.05, 0.1) is 18.3 Å². The third kappa shape index (κ3) is 5.24. The summed E-state index contributed by atoms with van der Waals surface area (Å²) in [5.41, 5.74) is 0. The summed E-state index contributed by atoms with van der Waals surface area (Å²) in [6.45, 7) is 0. The van der Waals surface area contributed by atoms with E-state index in [4.69, 9.17) is 14.2 Å². The molecule has 0 atom stereocenters. The Hall–Kier alpha value is -0.650. The molecule has 1 amide bonds. The lowest BCUT2D eigenvalue weighted by Crippen LogP contribution is -2.53. The SMILES string of the molecule is COC1CCC(C(=O)N(C2CCC(OC)CC2)C2CCC(OC)CC2)CC1. The van der Waals surface area contributed by atoms with Gasteiger partial charge in [0, 0.05) is 39.3 Å². The zero-order chi connectivity index (χ0) is 19.2. The number of hydrogen-bond acceptors (Lipinski definition) is 4. The van der Waals surface area contributed by atoms with Crippen molar-refractivity contribution in [2.24, 2.45) is 5.92 Å². The summed E-state index contributed by atoms with van der Waals surface area (Å²) >= 11 is 0. The molecular weight excluding hydrogens is 342 g/mol. The molecule has 5 heteroatoms. The van der Waals surface area contributed by atoms with Crippen LogP contribution in [0.3, 0.4) is 0 Å². The summed E-state index contributed by atoms with van der Waals surface area (Å²) in [5, 5.41) is 0. The van der Waals surface area contributed by atoms with Crippen LogP contribution < -0.4 is 0 Å². The monoisotopic (exact) mass is 381 g/mol. The van der Waals surface area contributed by atoms with Crippen molar-refractivity contribution in [3.63, 3.8) is 0 Å². The van der Waals surface area contributed by atoms with E-state index in [1.165, 1.54) is 0 Å². The van der Waals surface area contributed by atoms with Gasteiger partial charge in [0.2, 0.25) is 5.91 Å². The fourth-order valence-corrected chi connectivity index (χ4v) is 5.53. The topological polar surface area (TPSA) is 48.0 Å². The third-order valence-electron chi connectivity index (χ3n) is 7.35. The molecule has 0 radical (unpaired) electrons. The Morgan fingerprint density at radius 2 is 0.926 bits per heavy atom. The maximum absolute atomic E-state index is 13.6. The summed E-state index contributed by atoms with van der Waals surface area (Å²) in [5.74, 6) is 0.614. The van der Waals surface area contributed by atoms with E-state index in [1.54, 1.807) is 7.11 Å². The lowest BCUT2D eigenvalue weighted by Gasteiger charge is -2.45. The van der Waals surface area contributed by atoms with E-state index in [0.29, 0.717) is 36.3 Å². The second-order valence-electron chi connectivity index (χ2n) is 8.79. The van der Waals surface area contributed by atoms with Gasteiger partial charge in [-0.2, -0.15) is 0 Å². The fourth-order valence-electron chi connectivity index (χ4n) is 5.53. The van der Waals surface area contributed by atoms with Gasteiger partial charge < -0.3 is 19.1 Å². The van der Waals surface area contributed by atoms with Crippen LogP contribution in [0.4, 0.5) is 0 Å². The lowest BCUT2D eigenvalue weighted by atomic mass is 9.82. The number of ether oxygens (including phenoxy) is 3. The van der Waals surface area contributed by atoms with Crippen molar-refractivity contribution in [1.29, 1.82) is 0 Å². The van der Waals surface area contributed by atoms with Crippen molar-refractivity contribution in [2.45, 2.75) is 107 Å². The van der Waals surface area contributed by atoms with Crippen molar-refractivity contribution >= 4 is 5.91 Å². The van der Waals surface area contributed by atoms with Crippen LogP contribution in [0.5, 0.6) is 0 Å². The minimum atomic E-state index is 0.191. The van der Waals surface area contributed by atoms with E-state index >= 15 is 0 Å². The lowest BCUT2D eigenvalue weighted by molar-refractivity contribution is -0.146. The van der Waals surface area contributed by atoms with Gasteiger partial charge in [-0.15, -0.1) is 0 Å². The fraction of sp³-hybridized carbons (Fsp3) is 0.955. The Bertz CT molecular complexity index is 423. The van der Waals surface area contributed by atoms with Crippen molar-refractivity contribution < 1.29 is 19.0 Å². The standard InChI is InChI=1S/C22H39NO4/c1-25-19-10-4-16(5-11-19)22(24)23(17-6-12-20(26-2)13-7-17)18-8-14-21(27-3)15-9-18/h16-21H,4-15H2,1-3H3. The molecule has 3 saturated carbocycles. The molecule has 0 N–H and O–H groups in total. The second kappa shape index (κ2) is 10.2. The smallest absolute Gasteiger partial charge is 0.226 e. The second-order valence-corrected chi connectivity index (χ2v) is 8.79. The van der Waals surface area contributed by atoms with Crippen molar-refractivity contribution in [3.8, 4) is 0 Å². The van der Waals surface area contributed by atoms with E-state index < -0.39 is 0 Å². The van der Waals surface area contributed by atoms with Gasteiger partial charge >= 0.3 is 0 Å². The molecule has 0 aromatic heterocycles. The quantitative estimate of drug-likeness (QED) is 0.699. The zero-order valence-corrected chi connectivity index (χ0v) is 17.5. The van der Waals surface area contributed by atoms with Crippen molar-refractivity contribution in [1.82, 2.24) is 4.90 Å². The molecule has 3 aliphatic rings. The number of rotatable bonds is 6. The highest BCUT2D eigenvalue weighted by molar-refractivity contribution is 5.79. The van der Waals surface area contributed by atoms with Crippen LogP contribution in [0.15, 0.2) is 0 Å². The number of nitrogens with zero attached hydrogens (tertiary/aromatic N) is 1. The Kier molecular flexibility index (Phi) is 7.97. The Balaban J connectivity index is 1.67. The first-order valence-electron chi connectivity index (χ1n) is 11.1. The number of amides is 1. The number of carbonyl (C=O) groups excluding carboxylic acids is 1. The van der Waals surface area contributed by atoms with Gasteiger partial charge in [0.15, 0.2) is 0 Å². The van der Waals surface area contributed by atoms with Crippen LogP contribution in [0, 0.1) is 5.92 Å². The first-order chi connectivity index (χ1) is 13.2. The van der Waals surface area contributed by atoms with Gasteiger partial charge in [0.1, 0.15) is 0 Å². The molecule has 0 aromatic carbocycles. The summed E-state index contributed by atoms with van der Waals surface area (Å²) in [7, 11) is 5.42. The Labute approximate surface area is 165 Å². The van der Waals surface area contributed by atoms with E-state index in [1.807, 2.05) is 14.2 Å². The molecule has 0 saturated heterocycles. The maximum atomic E-state index is 13.6. The first kappa shape index (κ1) is 21.1. The minimum absolute atomic E-state index is 0.191. The largest absolute Gasteiger partial charge is 0.381 e. The highest BCUT2D eigenvalue weighted by Crippen LogP contribution is 2.35. The summed E-state index contributed by atoms with van der Waals surface area (Å²) < 4.78 is 16.6. The predicted molar refractivity (Wildman–Crippen MR) is 106 cm³/mol. The average Bonchev–Trinajstić information content (AvgIpc) is 2.75. The Morgan fingerprint density at radius 1 is 0.593 bits per heavy atom. The number of hydrogen-bond donors (Lipinski definition) is 0. The molecule has 0 aromatic rings. The molecule has 3 rings (SSSR count). The van der Waals surface area contributed by atoms with Gasteiger partial charge in [0.25, 0.3) is 0 Å². The van der Waals surface area contributed by atoms with Crippen LogP contribution in [-0.2, 0) is 19.0 Å². The molecule has 3 fully saturated rings. The molecule has 0 bridgehead atoms. The van der Waals surface area contributed by atoms with Gasteiger partial charge in [-0.1, -0.05) is 0 Å². The van der Waals surface area contributed by atoms with Crippen molar-refractivity contribution in [2.75, 3.05) is 21.3 Å². The van der Waals surface area contributed by atoms with E-state index in [-0.39, 0.29) is 5.92 Å². The first-order valence-corrected chi connectivity index (χ1v) is 11.1. The van der Waals surface area contributed by atoms with E-state index in [0.717, 1.165) is 77.0 Å². The number of carbonyl (C=O) groups is 1. The summed E-state index contributed by atoms with van der Waals surface area (Å²) in [6, 6.07) is 0.793. The molecule has 27 heavy (non-hydrogen) atoms. The van der Waals surface area contributed by atoms with Crippen molar-refractivity contribution in [3.05, 3.63) is 0 Å². The maximum Gasteiger partial charge on any atom is 0.226 e. The Morgan fingerprint density at radius 3 is 1.26 bits per heavy atom. The molecule has 0 aliphatic heterocycles. The number of methoxy groups -OCH3 is 3. The average molecular weight is 382 g/mol. The summed E-state index contributed by atoms with van der Waals surface area (Å²) in [6.07, 6.45) is 13.8. The van der Waals surface area contributed by atoms with Crippen LogP contribution in [-0.4, -0.2) is 62.5 Å². The van der Waals surface area contributed by atoms with Crippen LogP contribution in [0.1, 0.15) is 77.0 Å². The normalized spacial score (nSPS) is 37.7. The van der Waals surface area contributed by atoms with Gasteiger partial charge in [-0.05, 0) is 77.0 Å². The molecule has 0 spiro atoms. The van der Waals surface area contributed by atoms with Crippen LogP contribution >= 0.6 is 0 Å². The zero-order valence-electron chi connectivity index (χ0n) is 17.5. The molecule has 3 aliphatic carbocycles. The van der Waals surface area contributed by atoms with Crippen LogP contribution in [0.2, 0.25) is 0 Å². The summed E-state index contributed by atoms with van der Waals surface area (Å²) in [4.78, 5) is 16.0.